The van der Waals surface area contributed by atoms with Gasteiger partial charge >= 0.3 is 0 Å². The number of ether oxygens (including phenoxy) is 2. The van der Waals surface area contributed by atoms with Gasteiger partial charge in [0.1, 0.15) is 23.5 Å². The Labute approximate surface area is 196 Å². The summed E-state index contributed by atoms with van der Waals surface area (Å²) >= 11 is 0. The van der Waals surface area contributed by atoms with Crippen molar-refractivity contribution in [1.29, 1.82) is 0 Å². The average molecular weight is 453 g/mol. The Balaban J connectivity index is 1.52. The van der Waals surface area contributed by atoms with Gasteiger partial charge in [-0.25, -0.2) is 9.97 Å². The fourth-order valence-corrected chi connectivity index (χ4v) is 4.52. The predicted molar refractivity (Wildman–Crippen MR) is 132 cm³/mol. The summed E-state index contributed by atoms with van der Waals surface area (Å²) in [6, 6.07) is 8.65. The number of piperazine rings is 1. The summed E-state index contributed by atoms with van der Waals surface area (Å²) in [5.74, 6) is 7.51. The van der Waals surface area contributed by atoms with Gasteiger partial charge in [0.2, 0.25) is 0 Å². The molecule has 2 aromatic rings. The minimum absolute atomic E-state index is 0.0576. The number of methoxy groups -OCH3 is 1. The van der Waals surface area contributed by atoms with Crippen molar-refractivity contribution in [3.8, 4) is 5.75 Å². The molecule has 33 heavy (non-hydrogen) atoms. The number of nitrogens with two attached hydrogens (primary N) is 1. The highest BCUT2D eigenvalue weighted by atomic mass is 16.5. The zero-order chi connectivity index (χ0) is 23.6. The number of hydrazine groups is 1. The third kappa shape index (κ3) is 5.29. The summed E-state index contributed by atoms with van der Waals surface area (Å²) < 4.78 is 11.5. The molecule has 8 heteroatoms. The van der Waals surface area contributed by atoms with Crippen LogP contribution < -0.4 is 20.9 Å². The van der Waals surface area contributed by atoms with Crippen molar-refractivity contribution in [2.75, 3.05) is 43.7 Å². The van der Waals surface area contributed by atoms with E-state index in [1.165, 1.54) is 0 Å². The normalized spacial score (nSPS) is 20.9. The zero-order valence-corrected chi connectivity index (χ0v) is 20.2. The summed E-state index contributed by atoms with van der Waals surface area (Å²) in [7, 11) is 1.76. The number of rotatable bonds is 9. The molecule has 3 N–H and O–H groups in total. The molecular formula is C25H36N6O2. The maximum absolute atomic E-state index is 6.15. The molecule has 2 fully saturated rings. The maximum atomic E-state index is 6.15. The molecule has 2 aliphatic rings. The lowest BCUT2D eigenvalue weighted by atomic mass is 10.0. The average Bonchev–Trinajstić information content (AvgIpc) is 3.55. The highest BCUT2D eigenvalue weighted by Crippen LogP contribution is 2.41. The SMILES string of the molecule is C=C(c1cc(N2CCN(C(C)COC)[C@@H](C)C2)ncn1)c1cc(OC2(C)CC2)ccc1NN. The van der Waals surface area contributed by atoms with Crippen LogP contribution in [0.2, 0.25) is 0 Å². The molecule has 1 aliphatic heterocycles. The molecule has 1 aromatic heterocycles. The smallest absolute Gasteiger partial charge is 0.132 e. The quantitative estimate of drug-likeness (QED) is 0.443. The maximum Gasteiger partial charge on any atom is 0.132 e. The molecular weight excluding hydrogens is 416 g/mol. The Hall–Kier alpha value is -2.68. The Morgan fingerprint density at radius 2 is 2.09 bits per heavy atom. The highest BCUT2D eigenvalue weighted by molar-refractivity contribution is 5.84. The molecule has 178 valence electrons. The van der Waals surface area contributed by atoms with Crippen LogP contribution in [0.25, 0.3) is 5.57 Å². The Kier molecular flexibility index (Phi) is 6.88. The van der Waals surface area contributed by atoms with Gasteiger partial charge in [-0.15, -0.1) is 0 Å². The summed E-state index contributed by atoms with van der Waals surface area (Å²) in [6.45, 7) is 14.4. The Bertz CT molecular complexity index is 993. The topological polar surface area (TPSA) is 88.8 Å². The minimum atomic E-state index is -0.0576. The fraction of sp³-hybridized carbons (Fsp3) is 0.520. The molecule has 1 aromatic carbocycles. The number of aromatic nitrogens is 2. The van der Waals surface area contributed by atoms with Gasteiger partial charge in [0.05, 0.1) is 18.0 Å². The number of anilines is 2. The molecule has 2 heterocycles. The van der Waals surface area contributed by atoms with E-state index in [4.69, 9.17) is 15.3 Å². The number of nitrogen functional groups attached to an aromatic ring is 1. The van der Waals surface area contributed by atoms with Crippen LogP contribution in [-0.2, 0) is 4.74 Å². The number of nitrogens with one attached hydrogen (secondary N) is 1. The first-order valence-corrected chi connectivity index (χ1v) is 11.6. The monoisotopic (exact) mass is 452 g/mol. The lowest BCUT2D eigenvalue weighted by Crippen LogP contribution is -2.56. The third-order valence-electron chi connectivity index (χ3n) is 6.73. The summed E-state index contributed by atoms with van der Waals surface area (Å²) in [5.41, 5.74) is 5.92. The number of hydrogen-bond donors (Lipinski definition) is 2. The van der Waals surface area contributed by atoms with E-state index < -0.39 is 0 Å². The molecule has 0 bridgehead atoms. The standard InChI is InChI=1S/C25H36N6O2/c1-17-14-30(10-11-31(17)18(2)15-32-5)24-13-23(27-16-28-24)19(3)21-12-20(6-7-22(21)29-26)33-25(4)8-9-25/h6-7,12-13,16-18,29H,3,8-11,14-15,26H2,1-2,4-5H3/t17-,18?/m0/s1. The second-order valence-corrected chi connectivity index (χ2v) is 9.48. The van der Waals surface area contributed by atoms with E-state index in [1.54, 1.807) is 13.4 Å². The van der Waals surface area contributed by atoms with Gasteiger partial charge in [0.15, 0.2) is 0 Å². The van der Waals surface area contributed by atoms with Crippen LogP contribution in [0.1, 0.15) is 44.9 Å². The lowest BCUT2D eigenvalue weighted by molar-refractivity contribution is 0.0678. The van der Waals surface area contributed by atoms with Gasteiger partial charge in [-0.2, -0.15) is 0 Å². The van der Waals surface area contributed by atoms with Gasteiger partial charge in [-0.3, -0.25) is 10.7 Å². The van der Waals surface area contributed by atoms with E-state index in [9.17, 15) is 0 Å². The fourth-order valence-electron chi connectivity index (χ4n) is 4.52. The third-order valence-corrected chi connectivity index (χ3v) is 6.73. The highest BCUT2D eigenvalue weighted by Gasteiger charge is 2.40. The molecule has 0 amide bonds. The molecule has 0 radical (unpaired) electrons. The number of nitrogens with zero attached hydrogens (tertiary/aromatic N) is 4. The van der Waals surface area contributed by atoms with Gasteiger partial charge in [0.25, 0.3) is 0 Å². The molecule has 4 rings (SSSR count). The van der Waals surface area contributed by atoms with Gasteiger partial charge in [-0.05, 0) is 51.8 Å². The molecule has 8 nitrogen and oxygen atoms in total. The Morgan fingerprint density at radius 1 is 1.30 bits per heavy atom. The van der Waals surface area contributed by atoms with E-state index >= 15 is 0 Å². The lowest BCUT2D eigenvalue weighted by Gasteiger charge is -2.43. The summed E-state index contributed by atoms with van der Waals surface area (Å²) in [6.07, 6.45) is 3.76. The van der Waals surface area contributed by atoms with Crippen LogP contribution in [0.5, 0.6) is 5.75 Å². The minimum Gasteiger partial charge on any atom is -0.488 e. The van der Waals surface area contributed by atoms with Crippen LogP contribution in [0, 0.1) is 0 Å². The largest absolute Gasteiger partial charge is 0.488 e. The van der Waals surface area contributed by atoms with E-state index in [0.717, 1.165) is 73.2 Å². The number of benzene rings is 1. The van der Waals surface area contributed by atoms with Crippen molar-refractivity contribution < 1.29 is 9.47 Å². The Morgan fingerprint density at radius 3 is 2.76 bits per heavy atom. The van der Waals surface area contributed by atoms with Crippen molar-refractivity contribution in [1.82, 2.24) is 14.9 Å². The predicted octanol–water partition coefficient (Wildman–Crippen LogP) is 3.30. The van der Waals surface area contributed by atoms with Gasteiger partial charge in [0, 0.05) is 56.0 Å². The summed E-state index contributed by atoms with van der Waals surface area (Å²) in [5, 5.41) is 0. The molecule has 2 atom stereocenters. The van der Waals surface area contributed by atoms with Crippen LogP contribution in [-0.4, -0.2) is 65.9 Å². The first kappa shape index (κ1) is 23.5. The van der Waals surface area contributed by atoms with Crippen molar-refractivity contribution in [2.45, 2.75) is 51.3 Å². The zero-order valence-electron chi connectivity index (χ0n) is 20.2. The number of hydrogen-bond acceptors (Lipinski definition) is 8. The van der Waals surface area contributed by atoms with Crippen molar-refractivity contribution >= 4 is 17.1 Å². The van der Waals surface area contributed by atoms with Crippen LogP contribution >= 0.6 is 0 Å². The second-order valence-electron chi connectivity index (χ2n) is 9.48. The van der Waals surface area contributed by atoms with Crippen LogP contribution in [0.15, 0.2) is 37.2 Å². The molecule has 0 spiro atoms. The first-order valence-electron chi connectivity index (χ1n) is 11.6. The van der Waals surface area contributed by atoms with E-state index in [-0.39, 0.29) is 5.60 Å². The first-order chi connectivity index (χ1) is 15.8. The van der Waals surface area contributed by atoms with Crippen LogP contribution in [0.3, 0.4) is 0 Å². The molecule has 1 aliphatic carbocycles. The van der Waals surface area contributed by atoms with Crippen molar-refractivity contribution in [3.63, 3.8) is 0 Å². The van der Waals surface area contributed by atoms with E-state index in [1.807, 2.05) is 24.3 Å². The molecule has 1 unspecified atom stereocenters. The second kappa shape index (κ2) is 9.67. The molecule has 1 saturated heterocycles. The van der Waals surface area contributed by atoms with Crippen molar-refractivity contribution in [2.24, 2.45) is 5.84 Å². The molecule has 1 saturated carbocycles. The van der Waals surface area contributed by atoms with E-state index in [0.29, 0.717) is 12.1 Å². The summed E-state index contributed by atoms with van der Waals surface area (Å²) in [4.78, 5) is 13.9. The van der Waals surface area contributed by atoms with Gasteiger partial charge < -0.3 is 19.8 Å². The van der Waals surface area contributed by atoms with E-state index in [2.05, 4.69) is 52.5 Å². The van der Waals surface area contributed by atoms with Gasteiger partial charge in [-0.1, -0.05) is 6.58 Å². The van der Waals surface area contributed by atoms with Crippen molar-refractivity contribution in [3.05, 3.63) is 48.4 Å². The van der Waals surface area contributed by atoms with Crippen LogP contribution in [0.4, 0.5) is 11.5 Å².